The molecule has 13 aromatic rings. The zero-order valence-corrected chi connectivity index (χ0v) is 32.4. The Morgan fingerprint density at radius 1 is 0.356 bits per heavy atom. The minimum atomic E-state index is -0.00378. The lowest BCUT2D eigenvalue weighted by molar-refractivity contribution is 0.660. The van der Waals surface area contributed by atoms with E-state index in [0.29, 0.717) is 21.9 Å². The first-order valence-corrected chi connectivity index (χ1v) is 20.8. The zero-order valence-electron chi connectivity index (χ0n) is 31.6. The van der Waals surface area contributed by atoms with Crippen molar-refractivity contribution in [1.82, 2.24) is 4.40 Å². The van der Waals surface area contributed by atoms with E-state index in [0.717, 1.165) is 16.7 Å². The third kappa shape index (κ3) is 4.72. The van der Waals surface area contributed by atoms with E-state index in [2.05, 4.69) is 150 Å². The molecule has 0 amide bonds. The summed E-state index contributed by atoms with van der Waals surface area (Å²) < 4.78 is 11.2. The van der Waals surface area contributed by atoms with Crippen LogP contribution >= 0.6 is 11.3 Å². The normalized spacial score (nSPS) is 12.1. The Bertz CT molecular complexity index is 3940. The smallest absolute Gasteiger partial charge is 0.200 e. The molecule has 13 rings (SSSR count). The Hall–Kier alpha value is -7.53. The average Bonchev–Trinajstić information content (AvgIpc) is 3.96. The van der Waals surface area contributed by atoms with Crippen molar-refractivity contribution in [1.29, 1.82) is 0 Å². The SMILES string of the molecule is O=c1c2ccccc2oc2cc(-c3cccc(-c4cccc5c4sc4c(-c6cccc(-c7ccc8c9cccc%10c%11ccccc%11n(c8c7)c%109)c6)cccc45)c3)ccc12. The highest BCUT2D eigenvalue weighted by Gasteiger charge is 2.19. The maximum Gasteiger partial charge on any atom is 0.200 e. The summed E-state index contributed by atoms with van der Waals surface area (Å²) in [4.78, 5) is 13.2. The van der Waals surface area contributed by atoms with Crippen LogP contribution in [0.1, 0.15) is 0 Å². The molecule has 0 aliphatic heterocycles. The van der Waals surface area contributed by atoms with E-state index in [1.807, 2.05) is 53.8 Å². The van der Waals surface area contributed by atoms with Crippen molar-refractivity contribution in [2.24, 2.45) is 0 Å². The summed E-state index contributed by atoms with van der Waals surface area (Å²) in [5, 5.41) is 8.90. The van der Waals surface area contributed by atoms with E-state index in [4.69, 9.17) is 4.42 Å². The Balaban J connectivity index is 0.914. The third-order valence-corrected chi connectivity index (χ3v) is 13.6. The molecule has 0 saturated carbocycles. The molecule has 0 aliphatic carbocycles. The monoisotopic (exact) mass is 769 g/mol. The van der Waals surface area contributed by atoms with Gasteiger partial charge in [0, 0.05) is 41.7 Å². The van der Waals surface area contributed by atoms with E-state index in [-0.39, 0.29) is 5.43 Å². The van der Waals surface area contributed by atoms with Gasteiger partial charge in [-0.25, -0.2) is 0 Å². The molecule has 4 heterocycles. The van der Waals surface area contributed by atoms with Crippen molar-refractivity contribution in [2.45, 2.75) is 0 Å². The number of thiophene rings is 1. The van der Waals surface area contributed by atoms with Crippen LogP contribution in [0.2, 0.25) is 0 Å². The summed E-state index contributed by atoms with van der Waals surface area (Å²) in [6, 6.07) is 66.8. The third-order valence-electron chi connectivity index (χ3n) is 12.3. The van der Waals surface area contributed by atoms with Crippen molar-refractivity contribution in [3.63, 3.8) is 0 Å². The molecule has 4 aromatic heterocycles. The predicted octanol–water partition coefficient (Wildman–Crippen LogP) is 15.1. The van der Waals surface area contributed by atoms with Gasteiger partial charge in [-0.15, -0.1) is 11.3 Å². The van der Waals surface area contributed by atoms with Gasteiger partial charge in [0.05, 0.1) is 27.3 Å². The molecule has 0 N–H and O–H groups in total. The van der Waals surface area contributed by atoms with Crippen molar-refractivity contribution in [3.8, 4) is 44.5 Å². The summed E-state index contributed by atoms with van der Waals surface area (Å²) in [6.07, 6.45) is 0. The summed E-state index contributed by atoms with van der Waals surface area (Å²) in [5.41, 5.74) is 14.3. The van der Waals surface area contributed by atoms with Crippen LogP contribution < -0.4 is 5.43 Å². The Morgan fingerprint density at radius 2 is 0.847 bits per heavy atom. The molecule has 0 spiro atoms. The van der Waals surface area contributed by atoms with Gasteiger partial charge in [0.1, 0.15) is 11.2 Å². The van der Waals surface area contributed by atoms with Gasteiger partial charge in [0.2, 0.25) is 5.43 Å². The number of rotatable bonds is 4. The van der Waals surface area contributed by atoms with Crippen LogP contribution in [-0.2, 0) is 0 Å². The highest BCUT2D eigenvalue weighted by Crippen LogP contribution is 2.45. The highest BCUT2D eigenvalue weighted by molar-refractivity contribution is 7.26. The van der Waals surface area contributed by atoms with E-state index < -0.39 is 0 Å². The molecule has 59 heavy (non-hydrogen) atoms. The van der Waals surface area contributed by atoms with Crippen LogP contribution in [0, 0.1) is 0 Å². The van der Waals surface area contributed by atoms with Gasteiger partial charge in [0.15, 0.2) is 0 Å². The van der Waals surface area contributed by atoms with Crippen molar-refractivity contribution < 1.29 is 4.42 Å². The van der Waals surface area contributed by atoms with Crippen molar-refractivity contribution in [3.05, 3.63) is 198 Å². The van der Waals surface area contributed by atoms with Gasteiger partial charge in [-0.2, -0.15) is 0 Å². The average molecular weight is 770 g/mol. The molecule has 9 aromatic carbocycles. The Labute approximate surface area is 341 Å². The van der Waals surface area contributed by atoms with E-state index in [1.165, 1.54) is 86.1 Å². The van der Waals surface area contributed by atoms with Gasteiger partial charge in [-0.05, 0) is 93.0 Å². The highest BCUT2D eigenvalue weighted by atomic mass is 32.1. The van der Waals surface area contributed by atoms with Crippen LogP contribution in [-0.4, -0.2) is 4.40 Å². The van der Waals surface area contributed by atoms with Crippen molar-refractivity contribution >= 4 is 91.5 Å². The largest absolute Gasteiger partial charge is 0.456 e. The summed E-state index contributed by atoms with van der Waals surface area (Å²) in [7, 11) is 0. The lowest BCUT2D eigenvalue weighted by atomic mass is 9.96. The molecule has 0 radical (unpaired) electrons. The molecule has 4 heteroatoms. The minimum Gasteiger partial charge on any atom is -0.456 e. The van der Waals surface area contributed by atoms with E-state index in [1.54, 1.807) is 0 Å². The fraction of sp³-hybridized carbons (Fsp3) is 0. The Kier molecular flexibility index (Phi) is 6.75. The van der Waals surface area contributed by atoms with Gasteiger partial charge in [-0.1, -0.05) is 140 Å². The molecule has 0 saturated heterocycles. The quantitative estimate of drug-likeness (QED) is 0.167. The predicted molar refractivity (Wildman–Crippen MR) is 249 cm³/mol. The first-order chi connectivity index (χ1) is 29.2. The Morgan fingerprint density at radius 3 is 1.56 bits per heavy atom. The topological polar surface area (TPSA) is 34.6 Å². The maximum atomic E-state index is 13.2. The fourth-order valence-corrected chi connectivity index (χ4v) is 11.0. The molecular weight excluding hydrogens is 739 g/mol. The molecule has 0 aliphatic rings. The van der Waals surface area contributed by atoms with Gasteiger partial charge in [-0.3, -0.25) is 4.79 Å². The number of hydrogen-bond donors (Lipinski definition) is 0. The summed E-state index contributed by atoms with van der Waals surface area (Å²) >= 11 is 1.87. The van der Waals surface area contributed by atoms with Gasteiger partial charge >= 0.3 is 0 Å². The number of hydrogen-bond acceptors (Lipinski definition) is 3. The molecule has 0 bridgehead atoms. The van der Waals surface area contributed by atoms with E-state index in [9.17, 15) is 4.79 Å². The number of nitrogens with zero attached hydrogens (tertiary/aromatic N) is 1. The second-order valence-electron chi connectivity index (χ2n) is 15.6. The number of para-hydroxylation sites is 3. The zero-order chi connectivity index (χ0) is 38.8. The second-order valence-corrected chi connectivity index (χ2v) is 16.6. The fourth-order valence-electron chi connectivity index (χ4n) is 9.60. The van der Waals surface area contributed by atoms with Gasteiger partial charge < -0.3 is 8.82 Å². The molecule has 3 nitrogen and oxygen atoms in total. The number of fused-ring (bicyclic) bond motifs is 11. The van der Waals surface area contributed by atoms with E-state index >= 15 is 0 Å². The lowest BCUT2D eigenvalue weighted by Crippen LogP contribution is -2.01. The van der Waals surface area contributed by atoms with Crippen LogP contribution in [0.5, 0.6) is 0 Å². The lowest BCUT2D eigenvalue weighted by Gasteiger charge is -2.08. The molecule has 0 atom stereocenters. The van der Waals surface area contributed by atoms with Crippen LogP contribution in [0.4, 0.5) is 0 Å². The summed E-state index contributed by atoms with van der Waals surface area (Å²) in [6.45, 7) is 0. The summed E-state index contributed by atoms with van der Waals surface area (Å²) in [5.74, 6) is 0. The standard InChI is InChI=1S/C55H31NO2S/c57-53-46-15-2-4-23-50(46)58-51-31-35(25-27-47(51)53)33-11-6-13-37(29-33)39-17-8-21-45-44-20-7-16-38(54(44)59-55(39)45)36-12-5-10-32(28-36)34-24-26-41-43-19-9-18-42-40-14-1-3-22-48(40)56(52(42)43)49(41)30-34/h1-31H. The number of aromatic nitrogens is 1. The minimum absolute atomic E-state index is 0.00378. The maximum absolute atomic E-state index is 13.2. The molecular formula is C55H31NO2S. The van der Waals surface area contributed by atoms with Crippen LogP contribution in [0.15, 0.2) is 197 Å². The van der Waals surface area contributed by atoms with Crippen LogP contribution in [0.25, 0.3) is 125 Å². The molecule has 0 unspecified atom stereocenters. The van der Waals surface area contributed by atoms with Gasteiger partial charge in [0.25, 0.3) is 0 Å². The van der Waals surface area contributed by atoms with Crippen molar-refractivity contribution in [2.75, 3.05) is 0 Å². The van der Waals surface area contributed by atoms with Crippen LogP contribution in [0.3, 0.4) is 0 Å². The second kappa shape index (κ2) is 12.2. The first kappa shape index (κ1) is 32.5. The number of benzene rings is 9. The molecule has 0 fully saturated rings. The first-order valence-electron chi connectivity index (χ1n) is 19.9. The molecule has 274 valence electrons.